The number of alkyl halides is 3. The molecule has 2 nitrogen and oxygen atoms in total. The highest BCUT2D eigenvalue weighted by molar-refractivity contribution is 9.10. The fourth-order valence-corrected chi connectivity index (χ4v) is 2.62. The van der Waals surface area contributed by atoms with Crippen LogP contribution in [0.5, 0.6) is 0 Å². The molecule has 1 aliphatic rings. The van der Waals surface area contributed by atoms with Crippen LogP contribution < -0.4 is 0 Å². The van der Waals surface area contributed by atoms with Crippen LogP contribution >= 0.6 is 15.9 Å². The van der Waals surface area contributed by atoms with Gasteiger partial charge in [0.15, 0.2) is 0 Å². The molecule has 0 aromatic heterocycles. The summed E-state index contributed by atoms with van der Waals surface area (Å²) < 4.78 is 51.3. The lowest BCUT2D eigenvalue weighted by Crippen LogP contribution is -2.44. The summed E-state index contributed by atoms with van der Waals surface area (Å²) in [4.78, 5) is 13.3. The zero-order chi connectivity index (χ0) is 14.9. The molecular formula is C13H12BrF4NO. The number of likely N-dealkylation sites (tertiary alicyclic amines) is 1. The third-order valence-electron chi connectivity index (χ3n) is 3.34. The molecule has 1 fully saturated rings. The highest BCUT2D eigenvalue weighted by Crippen LogP contribution is 2.33. The Morgan fingerprint density at radius 2 is 2.05 bits per heavy atom. The van der Waals surface area contributed by atoms with Crippen molar-refractivity contribution in [1.82, 2.24) is 4.90 Å². The molecule has 7 heteroatoms. The van der Waals surface area contributed by atoms with Crippen LogP contribution in [0.15, 0.2) is 22.7 Å². The summed E-state index contributed by atoms with van der Waals surface area (Å²) in [5.41, 5.74) is 0.182. The number of nitrogens with zero attached hydrogens (tertiary/aromatic N) is 1. The Morgan fingerprint density at radius 1 is 1.35 bits per heavy atom. The van der Waals surface area contributed by atoms with E-state index >= 15 is 0 Å². The summed E-state index contributed by atoms with van der Waals surface area (Å²) in [5.74, 6) is -2.50. The van der Waals surface area contributed by atoms with Crippen LogP contribution in [0.2, 0.25) is 0 Å². The molecule has 0 radical (unpaired) electrons. The molecule has 110 valence electrons. The van der Waals surface area contributed by atoms with Crippen LogP contribution in [-0.4, -0.2) is 30.1 Å². The molecular weight excluding hydrogens is 342 g/mol. The second kappa shape index (κ2) is 5.71. The summed E-state index contributed by atoms with van der Waals surface area (Å²) in [7, 11) is 0. The van der Waals surface area contributed by atoms with Gasteiger partial charge in [0.1, 0.15) is 5.82 Å². The van der Waals surface area contributed by atoms with Gasteiger partial charge in [-0.2, -0.15) is 13.2 Å². The first-order valence-electron chi connectivity index (χ1n) is 6.10. The molecule has 1 saturated heterocycles. The van der Waals surface area contributed by atoms with Crippen LogP contribution in [0.4, 0.5) is 17.6 Å². The zero-order valence-electron chi connectivity index (χ0n) is 10.4. The van der Waals surface area contributed by atoms with E-state index < -0.39 is 23.8 Å². The molecule has 1 amide bonds. The molecule has 0 aliphatic carbocycles. The van der Waals surface area contributed by atoms with E-state index in [0.717, 1.165) is 6.07 Å². The van der Waals surface area contributed by atoms with Crippen molar-refractivity contribution in [1.29, 1.82) is 0 Å². The van der Waals surface area contributed by atoms with Gasteiger partial charge in [-0.15, -0.1) is 0 Å². The molecule has 0 spiro atoms. The number of hydrogen-bond acceptors (Lipinski definition) is 1. The highest BCUT2D eigenvalue weighted by atomic mass is 79.9. The van der Waals surface area contributed by atoms with E-state index in [-0.39, 0.29) is 23.0 Å². The molecule has 1 atom stereocenters. The number of benzene rings is 1. The summed E-state index contributed by atoms with van der Waals surface area (Å²) in [6.45, 7) is -0.0439. The van der Waals surface area contributed by atoms with Crippen molar-refractivity contribution in [2.45, 2.75) is 19.0 Å². The van der Waals surface area contributed by atoms with Crippen molar-refractivity contribution in [3.05, 3.63) is 34.1 Å². The second-order valence-electron chi connectivity index (χ2n) is 4.76. The number of carbonyl (C=O) groups is 1. The van der Waals surface area contributed by atoms with Crippen molar-refractivity contribution in [3.8, 4) is 0 Å². The molecule has 20 heavy (non-hydrogen) atoms. The van der Waals surface area contributed by atoms with Gasteiger partial charge in [-0.1, -0.05) is 0 Å². The maximum absolute atomic E-state index is 13.1. The van der Waals surface area contributed by atoms with Gasteiger partial charge in [-0.3, -0.25) is 4.79 Å². The fourth-order valence-electron chi connectivity index (χ4n) is 2.24. The van der Waals surface area contributed by atoms with Gasteiger partial charge in [0.25, 0.3) is 5.91 Å². The maximum Gasteiger partial charge on any atom is 0.393 e. The first-order valence-corrected chi connectivity index (χ1v) is 6.89. The van der Waals surface area contributed by atoms with Crippen LogP contribution in [0.3, 0.4) is 0 Å². The monoisotopic (exact) mass is 353 g/mol. The molecule has 1 aromatic rings. The minimum atomic E-state index is -4.29. The Morgan fingerprint density at radius 3 is 2.65 bits per heavy atom. The van der Waals surface area contributed by atoms with Gasteiger partial charge in [0, 0.05) is 18.7 Å². The van der Waals surface area contributed by atoms with Crippen molar-refractivity contribution >= 4 is 21.8 Å². The van der Waals surface area contributed by atoms with Crippen molar-refractivity contribution < 1.29 is 22.4 Å². The third kappa shape index (κ3) is 3.31. The number of hydrogen-bond donors (Lipinski definition) is 0. The van der Waals surface area contributed by atoms with Gasteiger partial charge in [0.2, 0.25) is 0 Å². The van der Waals surface area contributed by atoms with E-state index in [4.69, 9.17) is 0 Å². The molecule has 2 rings (SSSR count). The number of carbonyl (C=O) groups excluding carboxylic acids is 1. The van der Waals surface area contributed by atoms with E-state index in [1.54, 1.807) is 0 Å². The van der Waals surface area contributed by atoms with Gasteiger partial charge in [-0.05, 0) is 47.0 Å². The van der Waals surface area contributed by atoms with Gasteiger partial charge in [0.05, 0.1) is 10.4 Å². The Kier molecular flexibility index (Phi) is 4.36. The van der Waals surface area contributed by atoms with E-state index in [0.29, 0.717) is 13.0 Å². The first kappa shape index (κ1) is 15.3. The molecule has 0 bridgehead atoms. The lowest BCUT2D eigenvalue weighted by atomic mass is 9.97. The first-order chi connectivity index (χ1) is 9.29. The van der Waals surface area contributed by atoms with Crippen LogP contribution in [0.1, 0.15) is 23.2 Å². The smallest absolute Gasteiger partial charge is 0.338 e. The van der Waals surface area contributed by atoms with Crippen LogP contribution in [0, 0.1) is 11.7 Å². The summed E-state index contributed by atoms with van der Waals surface area (Å²) in [6.07, 6.45) is -3.93. The zero-order valence-corrected chi connectivity index (χ0v) is 12.0. The standard InChI is InChI=1S/C13H12BrF4NO/c14-10-6-8(3-4-11(10)15)12(20)19-5-1-2-9(7-19)13(16,17)18/h3-4,6,9H,1-2,5,7H2. The summed E-state index contributed by atoms with van der Waals surface area (Å²) in [5, 5.41) is 0. The molecule has 1 unspecified atom stereocenters. The Bertz CT molecular complexity index is 518. The van der Waals surface area contributed by atoms with Gasteiger partial charge < -0.3 is 4.90 Å². The molecule has 0 N–H and O–H groups in total. The van der Waals surface area contributed by atoms with Gasteiger partial charge >= 0.3 is 6.18 Å². The lowest BCUT2D eigenvalue weighted by Gasteiger charge is -2.33. The normalized spacial score (nSPS) is 20.1. The van der Waals surface area contributed by atoms with Crippen molar-refractivity contribution in [3.63, 3.8) is 0 Å². The quantitative estimate of drug-likeness (QED) is 0.698. The topological polar surface area (TPSA) is 20.3 Å². The van der Waals surface area contributed by atoms with Crippen LogP contribution in [0.25, 0.3) is 0 Å². The van der Waals surface area contributed by atoms with E-state index in [9.17, 15) is 22.4 Å². The maximum atomic E-state index is 13.1. The highest BCUT2D eigenvalue weighted by Gasteiger charge is 2.42. The Hall–Kier alpha value is -1.11. The predicted molar refractivity (Wildman–Crippen MR) is 68.8 cm³/mol. The fraction of sp³-hybridized carbons (Fsp3) is 0.462. The average molecular weight is 354 g/mol. The average Bonchev–Trinajstić information content (AvgIpc) is 2.40. The Balaban J connectivity index is 2.14. The summed E-state index contributed by atoms with van der Waals surface area (Å²) >= 11 is 2.96. The van der Waals surface area contributed by atoms with Crippen LogP contribution in [-0.2, 0) is 0 Å². The number of amides is 1. The Labute approximate surface area is 121 Å². The molecule has 1 heterocycles. The van der Waals surface area contributed by atoms with Gasteiger partial charge in [-0.25, -0.2) is 4.39 Å². The summed E-state index contributed by atoms with van der Waals surface area (Å²) in [6, 6.07) is 3.68. The lowest BCUT2D eigenvalue weighted by molar-refractivity contribution is -0.184. The SMILES string of the molecule is O=C(c1ccc(F)c(Br)c1)N1CCCC(C(F)(F)F)C1. The number of rotatable bonds is 1. The van der Waals surface area contributed by atoms with E-state index in [2.05, 4.69) is 15.9 Å². The second-order valence-corrected chi connectivity index (χ2v) is 5.62. The molecule has 0 saturated carbocycles. The van der Waals surface area contributed by atoms with Crippen molar-refractivity contribution in [2.75, 3.05) is 13.1 Å². The predicted octanol–water partition coefficient (Wildman–Crippen LogP) is 4.00. The molecule has 1 aliphatic heterocycles. The van der Waals surface area contributed by atoms with E-state index in [1.807, 2.05) is 0 Å². The molecule has 1 aromatic carbocycles. The third-order valence-corrected chi connectivity index (χ3v) is 3.95. The number of halogens is 5. The van der Waals surface area contributed by atoms with E-state index in [1.165, 1.54) is 17.0 Å². The minimum absolute atomic E-state index is 0.0421. The minimum Gasteiger partial charge on any atom is -0.338 e. The largest absolute Gasteiger partial charge is 0.393 e. The number of piperidine rings is 1. The van der Waals surface area contributed by atoms with Crippen molar-refractivity contribution in [2.24, 2.45) is 5.92 Å².